The first kappa shape index (κ1) is 21.7. The SMILES string of the molecule is Cc1ccc(NC(=O)COc2ccc(I)cc2)c(Nc2nccc(-c3cccnc3)n2)c1. The van der Waals surface area contributed by atoms with Crippen LogP contribution in [0.15, 0.2) is 79.3 Å². The van der Waals surface area contributed by atoms with E-state index in [0.717, 1.165) is 20.4 Å². The van der Waals surface area contributed by atoms with Gasteiger partial charge in [0.15, 0.2) is 6.61 Å². The van der Waals surface area contributed by atoms with Crippen LogP contribution < -0.4 is 15.4 Å². The number of carbonyl (C=O) groups excluding carboxylic acids is 1. The molecule has 4 aromatic rings. The Balaban J connectivity index is 1.47. The summed E-state index contributed by atoms with van der Waals surface area (Å²) >= 11 is 2.22. The first-order valence-electron chi connectivity index (χ1n) is 9.86. The van der Waals surface area contributed by atoms with E-state index in [9.17, 15) is 4.79 Å². The maximum absolute atomic E-state index is 12.5. The van der Waals surface area contributed by atoms with Crippen molar-refractivity contribution in [3.05, 3.63) is 88.4 Å². The lowest BCUT2D eigenvalue weighted by Gasteiger charge is -2.14. The van der Waals surface area contributed by atoms with Gasteiger partial charge in [-0.2, -0.15) is 0 Å². The summed E-state index contributed by atoms with van der Waals surface area (Å²) in [6.45, 7) is 1.88. The van der Waals surface area contributed by atoms with Crippen molar-refractivity contribution in [2.24, 2.45) is 0 Å². The zero-order chi connectivity index (χ0) is 22.3. The van der Waals surface area contributed by atoms with E-state index in [4.69, 9.17) is 4.74 Å². The number of nitrogens with one attached hydrogen (secondary N) is 2. The van der Waals surface area contributed by atoms with Gasteiger partial charge in [0.2, 0.25) is 5.95 Å². The quantitative estimate of drug-likeness (QED) is 0.315. The van der Waals surface area contributed by atoms with Crippen molar-refractivity contribution in [2.75, 3.05) is 17.2 Å². The van der Waals surface area contributed by atoms with Gasteiger partial charge in [-0.15, -0.1) is 0 Å². The number of amides is 1. The van der Waals surface area contributed by atoms with Crippen LogP contribution in [-0.2, 0) is 4.79 Å². The number of anilines is 3. The smallest absolute Gasteiger partial charge is 0.262 e. The lowest BCUT2D eigenvalue weighted by atomic mass is 10.2. The fourth-order valence-electron chi connectivity index (χ4n) is 2.95. The Kier molecular flexibility index (Phi) is 6.90. The number of halogens is 1. The van der Waals surface area contributed by atoms with Crippen LogP contribution in [0, 0.1) is 10.5 Å². The van der Waals surface area contributed by atoms with Crippen LogP contribution in [-0.4, -0.2) is 27.5 Å². The maximum atomic E-state index is 12.5. The summed E-state index contributed by atoms with van der Waals surface area (Å²) in [5.74, 6) is 0.798. The number of hydrogen-bond donors (Lipinski definition) is 2. The predicted octanol–water partition coefficient (Wildman–Crippen LogP) is 5.21. The molecule has 0 saturated carbocycles. The zero-order valence-corrected chi connectivity index (χ0v) is 19.4. The summed E-state index contributed by atoms with van der Waals surface area (Å²) in [7, 11) is 0. The Labute approximate surface area is 199 Å². The normalized spacial score (nSPS) is 10.4. The molecular formula is C24H20IN5O2. The van der Waals surface area contributed by atoms with E-state index in [2.05, 4.69) is 48.2 Å². The van der Waals surface area contributed by atoms with Crippen LogP contribution in [0.5, 0.6) is 5.75 Å². The van der Waals surface area contributed by atoms with Crippen molar-refractivity contribution in [1.82, 2.24) is 15.0 Å². The first-order chi connectivity index (χ1) is 15.6. The number of ether oxygens (including phenoxy) is 1. The highest BCUT2D eigenvalue weighted by molar-refractivity contribution is 14.1. The number of carbonyl (C=O) groups is 1. The molecule has 0 spiro atoms. The van der Waals surface area contributed by atoms with Crippen LogP contribution in [0.25, 0.3) is 11.3 Å². The molecular weight excluding hydrogens is 517 g/mol. The molecule has 2 N–H and O–H groups in total. The molecule has 4 rings (SSSR count). The van der Waals surface area contributed by atoms with E-state index in [0.29, 0.717) is 23.1 Å². The van der Waals surface area contributed by atoms with Gasteiger partial charge in [0.25, 0.3) is 5.91 Å². The standard InChI is InChI=1S/C24H20IN5O2/c1-16-4-9-21(28-23(31)15-32-19-7-5-18(25)6-8-19)22(13-16)30-24-27-12-10-20(29-24)17-3-2-11-26-14-17/h2-14H,15H2,1H3,(H,28,31)(H,27,29,30). The Morgan fingerprint density at radius 2 is 1.88 bits per heavy atom. The summed E-state index contributed by atoms with van der Waals surface area (Å²) in [6.07, 6.45) is 5.15. The average Bonchev–Trinajstić information content (AvgIpc) is 2.81. The summed E-state index contributed by atoms with van der Waals surface area (Å²) in [5.41, 5.74) is 3.98. The molecule has 2 heterocycles. The number of benzene rings is 2. The van der Waals surface area contributed by atoms with Crippen LogP contribution >= 0.6 is 22.6 Å². The topological polar surface area (TPSA) is 89.0 Å². The van der Waals surface area contributed by atoms with Gasteiger partial charge in [-0.3, -0.25) is 9.78 Å². The maximum Gasteiger partial charge on any atom is 0.262 e. The van der Waals surface area contributed by atoms with Crippen LogP contribution in [0.2, 0.25) is 0 Å². The highest BCUT2D eigenvalue weighted by Crippen LogP contribution is 2.26. The summed E-state index contributed by atoms with van der Waals surface area (Å²) < 4.78 is 6.68. The molecule has 0 fully saturated rings. The van der Waals surface area contributed by atoms with Gasteiger partial charge >= 0.3 is 0 Å². The van der Waals surface area contributed by atoms with Crippen molar-refractivity contribution in [1.29, 1.82) is 0 Å². The predicted molar refractivity (Wildman–Crippen MR) is 133 cm³/mol. The molecule has 0 radical (unpaired) electrons. The Bertz CT molecular complexity index is 1220. The monoisotopic (exact) mass is 537 g/mol. The second-order valence-electron chi connectivity index (χ2n) is 6.97. The number of nitrogens with zero attached hydrogens (tertiary/aromatic N) is 3. The number of rotatable bonds is 7. The molecule has 0 bridgehead atoms. The second-order valence-corrected chi connectivity index (χ2v) is 8.22. The van der Waals surface area contributed by atoms with E-state index in [1.165, 1.54) is 0 Å². The van der Waals surface area contributed by atoms with Crippen molar-refractivity contribution >= 4 is 45.8 Å². The van der Waals surface area contributed by atoms with Crippen LogP contribution in [0.4, 0.5) is 17.3 Å². The summed E-state index contributed by atoms with van der Waals surface area (Å²) in [5, 5.41) is 6.10. The third-order valence-electron chi connectivity index (χ3n) is 4.49. The molecule has 2 aromatic heterocycles. The molecule has 2 aromatic carbocycles. The fraction of sp³-hybridized carbons (Fsp3) is 0.0833. The highest BCUT2D eigenvalue weighted by Gasteiger charge is 2.11. The molecule has 0 atom stereocenters. The van der Waals surface area contributed by atoms with Gasteiger partial charge in [-0.25, -0.2) is 9.97 Å². The molecule has 7 nitrogen and oxygen atoms in total. The van der Waals surface area contributed by atoms with Crippen molar-refractivity contribution in [3.63, 3.8) is 0 Å². The Morgan fingerprint density at radius 1 is 1.03 bits per heavy atom. The third kappa shape index (κ3) is 5.79. The lowest BCUT2D eigenvalue weighted by molar-refractivity contribution is -0.118. The fourth-order valence-corrected chi connectivity index (χ4v) is 3.31. The van der Waals surface area contributed by atoms with E-state index >= 15 is 0 Å². The van der Waals surface area contributed by atoms with Crippen LogP contribution in [0.1, 0.15) is 5.56 Å². The molecule has 0 saturated heterocycles. The molecule has 1 amide bonds. The third-order valence-corrected chi connectivity index (χ3v) is 5.21. The van der Waals surface area contributed by atoms with Gasteiger partial charge in [0.05, 0.1) is 17.1 Å². The lowest BCUT2D eigenvalue weighted by Crippen LogP contribution is -2.20. The number of aryl methyl sites for hydroxylation is 1. The Hall–Kier alpha value is -3.53. The van der Waals surface area contributed by atoms with Crippen molar-refractivity contribution in [2.45, 2.75) is 6.92 Å². The van der Waals surface area contributed by atoms with Crippen molar-refractivity contribution < 1.29 is 9.53 Å². The molecule has 160 valence electrons. The Morgan fingerprint density at radius 3 is 2.66 bits per heavy atom. The molecule has 0 aliphatic heterocycles. The number of hydrogen-bond acceptors (Lipinski definition) is 6. The molecule has 0 aliphatic rings. The van der Waals surface area contributed by atoms with Gasteiger partial charge in [0.1, 0.15) is 5.75 Å². The van der Waals surface area contributed by atoms with Gasteiger partial charge in [0, 0.05) is 27.7 Å². The minimum absolute atomic E-state index is 0.0963. The second kappa shape index (κ2) is 10.2. The highest BCUT2D eigenvalue weighted by atomic mass is 127. The van der Waals surface area contributed by atoms with Gasteiger partial charge in [-0.05, 0) is 89.7 Å². The minimum atomic E-state index is -0.263. The first-order valence-corrected chi connectivity index (χ1v) is 10.9. The van der Waals surface area contributed by atoms with E-state index in [1.807, 2.05) is 67.6 Å². The minimum Gasteiger partial charge on any atom is -0.484 e. The van der Waals surface area contributed by atoms with Gasteiger partial charge in [-0.1, -0.05) is 6.07 Å². The zero-order valence-electron chi connectivity index (χ0n) is 17.2. The van der Waals surface area contributed by atoms with Crippen molar-refractivity contribution in [3.8, 4) is 17.0 Å². The number of aromatic nitrogens is 3. The van der Waals surface area contributed by atoms with E-state index < -0.39 is 0 Å². The summed E-state index contributed by atoms with van der Waals surface area (Å²) in [4.78, 5) is 25.5. The number of pyridine rings is 1. The van der Waals surface area contributed by atoms with Crippen LogP contribution in [0.3, 0.4) is 0 Å². The van der Waals surface area contributed by atoms with E-state index in [-0.39, 0.29) is 12.5 Å². The molecule has 0 unspecified atom stereocenters. The van der Waals surface area contributed by atoms with E-state index in [1.54, 1.807) is 18.6 Å². The summed E-state index contributed by atoms with van der Waals surface area (Å²) in [6, 6.07) is 18.8. The molecule has 8 heteroatoms. The largest absolute Gasteiger partial charge is 0.484 e. The molecule has 32 heavy (non-hydrogen) atoms. The average molecular weight is 537 g/mol. The molecule has 0 aliphatic carbocycles. The van der Waals surface area contributed by atoms with Gasteiger partial charge < -0.3 is 15.4 Å².